The topological polar surface area (TPSA) is 32.3 Å². The Bertz CT molecular complexity index is 452. The number of fused-ring (bicyclic) bond motifs is 1. The second kappa shape index (κ2) is 4.63. The van der Waals surface area contributed by atoms with Crippen molar-refractivity contribution in [2.75, 3.05) is 23.3 Å². The van der Waals surface area contributed by atoms with E-state index < -0.39 is 0 Å². The molecule has 1 N–H and O–H groups in total. The molecule has 0 radical (unpaired) electrons. The zero-order valence-electron chi connectivity index (χ0n) is 11.7. The summed E-state index contributed by atoms with van der Waals surface area (Å²) in [4.78, 5) is 14.6. The number of benzene rings is 1. The monoisotopic (exact) mass is 246 g/mol. The Morgan fingerprint density at radius 2 is 2.00 bits per heavy atom. The molecule has 18 heavy (non-hydrogen) atoms. The molecule has 2 rings (SSSR count). The summed E-state index contributed by atoms with van der Waals surface area (Å²) in [6.45, 7) is 9.73. The van der Waals surface area contributed by atoms with Crippen LogP contribution < -0.4 is 10.2 Å². The highest BCUT2D eigenvalue weighted by Crippen LogP contribution is 2.34. The molecule has 0 bridgehead atoms. The maximum Gasteiger partial charge on any atom is 0.234 e. The smallest absolute Gasteiger partial charge is 0.234 e. The van der Waals surface area contributed by atoms with E-state index in [2.05, 4.69) is 19.2 Å². The third kappa shape index (κ3) is 2.35. The molecule has 0 saturated carbocycles. The lowest BCUT2D eigenvalue weighted by Gasteiger charge is -2.30. The van der Waals surface area contributed by atoms with Gasteiger partial charge in [-0.1, -0.05) is 26.0 Å². The fraction of sp³-hybridized carbons (Fsp3) is 0.533. The number of carbonyl (C=O) groups excluding carboxylic acids is 1. The second-order valence-corrected chi connectivity index (χ2v) is 6.06. The first-order chi connectivity index (χ1) is 8.42. The van der Waals surface area contributed by atoms with E-state index in [1.807, 2.05) is 43.0 Å². The van der Waals surface area contributed by atoms with Crippen LogP contribution in [-0.2, 0) is 4.79 Å². The van der Waals surface area contributed by atoms with Gasteiger partial charge in [-0.25, -0.2) is 0 Å². The number of nitrogens with zero attached hydrogens (tertiary/aromatic N) is 1. The fourth-order valence-corrected chi connectivity index (χ4v) is 2.27. The summed E-state index contributed by atoms with van der Waals surface area (Å²) in [5.74, 6) is 0.657. The molecule has 1 aromatic carbocycles. The number of hydrogen-bond acceptors (Lipinski definition) is 2. The maximum absolute atomic E-state index is 12.7. The van der Waals surface area contributed by atoms with Crippen molar-refractivity contribution in [3.8, 4) is 0 Å². The highest BCUT2D eigenvalue weighted by Gasteiger charge is 2.36. The zero-order valence-corrected chi connectivity index (χ0v) is 11.7. The van der Waals surface area contributed by atoms with Crippen LogP contribution in [-0.4, -0.2) is 19.0 Å². The summed E-state index contributed by atoms with van der Waals surface area (Å²) < 4.78 is 0. The second-order valence-electron chi connectivity index (χ2n) is 6.06. The molecule has 3 heteroatoms. The normalized spacial score (nSPS) is 18.3. The minimum atomic E-state index is -0.367. The van der Waals surface area contributed by atoms with Gasteiger partial charge in [-0.05, 0) is 31.9 Å². The van der Waals surface area contributed by atoms with Crippen LogP contribution in [0.25, 0.3) is 0 Å². The van der Waals surface area contributed by atoms with E-state index in [1.165, 1.54) is 0 Å². The number of carbonyl (C=O) groups is 1. The van der Waals surface area contributed by atoms with Gasteiger partial charge in [0.05, 0.1) is 16.8 Å². The molecule has 0 unspecified atom stereocenters. The standard InChI is InChI=1S/C15H22N2O/c1-11(2)9-17-13-8-6-5-7-12(13)16-10-15(3,4)14(17)18/h5-8,11,16H,9-10H2,1-4H3. The molecule has 1 aliphatic heterocycles. The predicted molar refractivity (Wildman–Crippen MR) is 75.9 cm³/mol. The van der Waals surface area contributed by atoms with Crippen LogP contribution in [0.5, 0.6) is 0 Å². The molecule has 0 atom stereocenters. The molecule has 0 saturated heterocycles. The molecule has 3 nitrogen and oxygen atoms in total. The fourth-order valence-electron chi connectivity index (χ4n) is 2.27. The van der Waals surface area contributed by atoms with Crippen molar-refractivity contribution in [3.05, 3.63) is 24.3 Å². The number of nitrogens with one attached hydrogen (secondary N) is 1. The maximum atomic E-state index is 12.7. The average Bonchev–Trinajstić information content (AvgIpc) is 2.40. The lowest BCUT2D eigenvalue weighted by atomic mass is 9.91. The minimum Gasteiger partial charge on any atom is -0.382 e. The van der Waals surface area contributed by atoms with E-state index >= 15 is 0 Å². The van der Waals surface area contributed by atoms with E-state index in [0.717, 1.165) is 17.9 Å². The van der Waals surface area contributed by atoms with Crippen LogP contribution in [0.3, 0.4) is 0 Å². The van der Waals surface area contributed by atoms with Crippen LogP contribution in [0.1, 0.15) is 27.7 Å². The van der Waals surface area contributed by atoms with Gasteiger partial charge in [0.2, 0.25) is 5.91 Å². The molecular weight excluding hydrogens is 224 g/mol. The SMILES string of the molecule is CC(C)CN1C(=O)C(C)(C)CNc2ccccc21. The van der Waals surface area contributed by atoms with Gasteiger partial charge >= 0.3 is 0 Å². The third-order valence-electron chi connectivity index (χ3n) is 3.29. The van der Waals surface area contributed by atoms with Gasteiger partial charge in [0, 0.05) is 13.1 Å². The summed E-state index contributed by atoms with van der Waals surface area (Å²) in [7, 11) is 0. The summed E-state index contributed by atoms with van der Waals surface area (Å²) >= 11 is 0. The molecule has 0 fully saturated rings. The lowest BCUT2D eigenvalue weighted by Crippen LogP contribution is -2.43. The van der Waals surface area contributed by atoms with Crippen molar-refractivity contribution in [2.24, 2.45) is 11.3 Å². The first-order valence-corrected chi connectivity index (χ1v) is 6.56. The number of anilines is 2. The first kappa shape index (κ1) is 12.9. The Morgan fingerprint density at radius 3 is 2.67 bits per heavy atom. The van der Waals surface area contributed by atoms with Crippen molar-refractivity contribution in [2.45, 2.75) is 27.7 Å². The highest BCUT2D eigenvalue weighted by molar-refractivity contribution is 6.01. The Hall–Kier alpha value is -1.51. The van der Waals surface area contributed by atoms with Gasteiger partial charge in [-0.15, -0.1) is 0 Å². The van der Waals surface area contributed by atoms with Crippen LogP contribution in [0, 0.1) is 11.3 Å². The van der Waals surface area contributed by atoms with Gasteiger partial charge in [-0.3, -0.25) is 4.79 Å². The van der Waals surface area contributed by atoms with Crippen molar-refractivity contribution in [1.29, 1.82) is 0 Å². The van der Waals surface area contributed by atoms with Gasteiger partial charge < -0.3 is 10.2 Å². The average molecular weight is 246 g/mol. The Labute approximate surface area is 109 Å². The molecule has 0 aliphatic carbocycles. The number of hydrogen-bond donors (Lipinski definition) is 1. The third-order valence-corrected chi connectivity index (χ3v) is 3.29. The van der Waals surface area contributed by atoms with E-state index in [-0.39, 0.29) is 11.3 Å². The van der Waals surface area contributed by atoms with Crippen molar-refractivity contribution < 1.29 is 4.79 Å². The molecule has 98 valence electrons. The van der Waals surface area contributed by atoms with E-state index in [1.54, 1.807) is 0 Å². The van der Waals surface area contributed by atoms with Crippen molar-refractivity contribution >= 4 is 17.3 Å². The molecule has 1 aromatic rings. The molecular formula is C15H22N2O. The van der Waals surface area contributed by atoms with Gasteiger partial charge in [-0.2, -0.15) is 0 Å². The number of para-hydroxylation sites is 2. The van der Waals surface area contributed by atoms with Gasteiger partial charge in [0.15, 0.2) is 0 Å². The summed E-state index contributed by atoms with van der Waals surface area (Å²) in [5.41, 5.74) is 1.69. The number of rotatable bonds is 2. The van der Waals surface area contributed by atoms with Crippen LogP contribution in [0.15, 0.2) is 24.3 Å². The van der Waals surface area contributed by atoms with E-state index in [9.17, 15) is 4.79 Å². The van der Waals surface area contributed by atoms with E-state index in [0.29, 0.717) is 12.5 Å². The Kier molecular flexibility index (Phi) is 3.33. The minimum absolute atomic E-state index is 0.202. The molecule has 1 aliphatic rings. The largest absolute Gasteiger partial charge is 0.382 e. The highest BCUT2D eigenvalue weighted by atomic mass is 16.2. The Balaban J connectivity index is 2.45. The quantitative estimate of drug-likeness (QED) is 0.869. The molecule has 0 aromatic heterocycles. The Morgan fingerprint density at radius 1 is 1.33 bits per heavy atom. The first-order valence-electron chi connectivity index (χ1n) is 6.56. The van der Waals surface area contributed by atoms with Crippen LogP contribution in [0.4, 0.5) is 11.4 Å². The van der Waals surface area contributed by atoms with Crippen LogP contribution in [0.2, 0.25) is 0 Å². The van der Waals surface area contributed by atoms with Crippen molar-refractivity contribution in [1.82, 2.24) is 0 Å². The number of amides is 1. The lowest BCUT2D eigenvalue weighted by molar-refractivity contribution is -0.125. The van der Waals surface area contributed by atoms with E-state index in [4.69, 9.17) is 0 Å². The predicted octanol–water partition coefficient (Wildman–Crippen LogP) is 3.13. The van der Waals surface area contributed by atoms with Gasteiger partial charge in [0.25, 0.3) is 0 Å². The molecule has 1 amide bonds. The molecule has 0 spiro atoms. The van der Waals surface area contributed by atoms with Gasteiger partial charge in [0.1, 0.15) is 0 Å². The summed E-state index contributed by atoms with van der Waals surface area (Å²) in [5, 5.41) is 3.39. The zero-order chi connectivity index (χ0) is 13.3. The summed E-state index contributed by atoms with van der Waals surface area (Å²) in [6, 6.07) is 8.04. The van der Waals surface area contributed by atoms with Crippen molar-refractivity contribution in [3.63, 3.8) is 0 Å². The summed E-state index contributed by atoms with van der Waals surface area (Å²) in [6.07, 6.45) is 0. The van der Waals surface area contributed by atoms with Crippen LogP contribution >= 0.6 is 0 Å². The molecule has 1 heterocycles.